The minimum atomic E-state index is -3.82. The molecule has 202 valence electrons. The fourth-order valence-electron chi connectivity index (χ4n) is 3.99. The number of nitrogens with zero attached hydrogens (tertiary/aromatic N) is 5. The lowest BCUT2D eigenvalue weighted by molar-refractivity contribution is 0.598. The number of primary sulfonamides is 1. The number of fused-ring (bicyclic) bond motifs is 1. The van der Waals surface area contributed by atoms with Gasteiger partial charge in [-0.25, -0.2) is 23.5 Å². The first kappa shape index (κ1) is 28.1. The Labute approximate surface area is 237 Å². The second-order valence-corrected chi connectivity index (χ2v) is 10.6. The molecule has 0 radical (unpaired) electrons. The maximum Gasteiger partial charge on any atom is 0.238 e. The third kappa shape index (κ3) is 6.40. The van der Waals surface area contributed by atoms with Gasteiger partial charge < -0.3 is 20.1 Å². The van der Waals surface area contributed by atoms with Crippen LogP contribution in [0.3, 0.4) is 0 Å². The van der Waals surface area contributed by atoms with Gasteiger partial charge in [-0.2, -0.15) is 4.98 Å². The van der Waals surface area contributed by atoms with Gasteiger partial charge in [-0.05, 0) is 60.2 Å². The molecule has 39 heavy (non-hydrogen) atoms. The zero-order valence-electron chi connectivity index (χ0n) is 21.0. The number of aromatic nitrogens is 4. The SMILES string of the molecule is CN(c1ccc2c(c1)nc(NCc1cccc(Cl)c1)n2C)c1ccnc(Nc2cccc(S(N)(=O)=O)c2)n1.Cl. The molecular weight excluding hydrogens is 559 g/mol. The molecule has 0 aliphatic carbocycles. The number of imidazole rings is 1. The lowest BCUT2D eigenvalue weighted by Crippen LogP contribution is -2.13. The van der Waals surface area contributed by atoms with Crippen molar-refractivity contribution in [1.82, 2.24) is 19.5 Å². The molecule has 13 heteroatoms. The maximum absolute atomic E-state index is 11.7. The van der Waals surface area contributed by atoms with Crippen LogP contribution in [0.2, 0.25) is 5.02 Å². The average Bonchev–Trinajstić information content (AvgIpc) is 3.21. The molecule has 0 fully saturated rings. The average molecular weight is 586 g/mol. The molecule has 2 heterocycles. The molecule has 0 unspecified atom stereocenters. The van der Waals surface area contributed by atoms with Crippen LogP contribution >= 0.6 is 24.0 Å². The highest BCUT2D eigenvalue weighted by atomic mass is 35.5. The second kappa shape index (κ2) is 11.5. The first-order valence-electron chi connectivity index (χ1n) is 11.6. The summed E-state index contributed by atoms with van der Waals surface area (Å²) in [5, 5.41) is 12.3. The van der Waals surface area contributed by atoms with E-state index in [1.54, 1.807) is 24.4 Å². The highest BCUT2D eigenvalue weighted by Gasteiger charge is 2.13. The van der Waals surface area contributed by atoms with Crippen LogP contribution in [0.25, 0.3) is 11.0 Å². The van der Waals surface area contributed by atoms with Crippen LogP contribution in [-0.4, -0.2) is 35.0 Å². The number of aryl methyl sites for hydroxylation is 1. The number of nitrogens with one attached hydrogen (secondary N) is 2. The Kier molecular flexibility index (Phi) is 8.26. The van der Waals surface area contributed by atoms with Gasteiger partial charge in [-0.15, -0.1) is 12.4 Å². The summed E-state index contributed by atoms with van der Waals surface area (Å²) >= 11 is 6.10. The molecule has 0 saturated carbocycles. The third-order valence-corrected chi connectivity index (χ3v) is 7.14. The molecule has 2 aromatic heterocycles. The van der Waals surface area contributed by atoms with Crippen LogP contribution in [0.4, 0.5) is 29.1 Å². The van der Waals surface area contributed by atoms with Gasteiger partial charge in [0.15, 0.2) is 0 Å². The molecule has 0 aliphatic heterocycles. The van der Waals surface area contributed by atoms with E-state index >= 15 is 0 Å². The van der Waals surface area contributed by atoms with E-state index in [4.69, 9.17) is 21.7 Å². The van der Waals surface area contributed by atoms with E-state index in [0.29, 0.717) is 29.0 Å². The Morgan fingerprint density at radius 2 is 1.82 bits per heavy atom. The van der Waals surface area contributed by atoms with E-state index in [2.05, 4.69) is 20.6 Å². The Hall–Kier alpha value is -3.90. The molecular formula is C26H26Cl2N8O2S. The Morgan fingerprint density at radius 3 is 2.59 bits per heavy atom. The van der Waals surface area contributed by atoms with Gasteiger partial charge in [0.25, 0.3) is 0 Å². The van der Waals surface area contributed by atoms with Crippen LogP contribution in [0, 0.1) is 0 Å². The summed E-state index contributed by atoms with van der Waals surface area (Å²) in [7, 11) is 0.0427. The van der Waals surface area contributed by atoms with Crippen molar-refractivity contribution in [2.75, 3.05) is 22.6 Å². The normalized spacial score (nSPS) is 11.2. The largest absolute Gasteiger partial charge is 0.352 e. The predicted octanol–water partition coefficient (Wildman–Crippen LogP) is 5.21. The number of halogens is 2. The summed E-state index contributed by atoms with van der Waals surface area (Å²) < 4.78 is 25.3. The summed E-state index contributed by atoms with van der Waals surface area (Å²) in [6.45, 7) is 0.599. The molecule has 0 spiro atoms. The van der Waals surface area contributed by atoms with Crippen LogP contribution < -0.4 is 20.7 Å². The highest BCUT2D eigenvalue weighted by Crippen LogP contribution is 2.28. The lowest BCUT2D eigenvalue weighted by Gasteiger charge is -2.19. The summed E-state index contributed by atoms with van der Waals surface area (Å²) in [6, 6.07) is 21.7. The topological polar surface area (TPSA) is 131 Å². The van der Waals surface area contributed by atoms with E-state index in [-0.39, 0.29) is 17.3 Å². The number of nitrogens with two attached hydrogens (primary N) is 1. The maximum atomic E-state index is 11.7. The van der Waals surface area contributed by atoms with Gasteiger partial charge in [0, 0.05) is 43.2 Å². The van der Waals surface area contributed by atoms with Crippen LogP contribution in [0.5, 0.6) is 0 Å². The van der Waals surface area contributed by atoms with Crippen LogP contribution in [0.1, 0.15) is 5.56 Å². The first-order chi connectivity index (χ1) is 18.2. The van der Waals surface area contributed by atoms with E-state index in [1.165, 1.54) is 12.1 Å². The third-order valence-electron chi connectivity index (χ3n) is 5.99. The zero-order valence-corrected chi connectivity index (χ0v) is 23.4. The van der Waals surface area contributed by atoms with E-state index < -0.39 is 10.0 Å². The number of rotatable bonds is 8. The monoisotopic (exact) mass is 584 g/mol. The van der Waals surface area contributed by atoms with Gasteiger partial charge in [-0.1, -0.05) is 29.8 Å². The smallest absolute Gasteiger partial charge is 0.238 e. The molecule has 5 aromatic rings. The Balaban J connectivity index is 0.00000353. The van der Waals surface area contributed by atoms with Gasteiger partial charge in [0.2, 0.25) is 21.9 Å². The molecule has 4 N–H and O–H groups in total. The quantitative estimate of drug-likeness (QED) is 0.226. The van der Waals surface area contributed by atoms with Crippen LogP contribution in [-0.2, 0) is 23.6 Å². The fraction of sp³-hybridized carbons (Fsp3) is 0.115. The van der Waals surface area contributed by atoms with Crippen molar-refractivity contribution in [2.45, 2.75) is 11.4 Å². The van der Waals surface area contributed by atoms with Gasteiger partial charge in [0.05, 0.1) is 15.9 Å². The van der Waals surface area contributed by atoms with Gasteiger partial charge in [0.1, 0.15) is 5.82 Å². The molecule has 0 saturated heterocycles. The van der Waals surface area contributed by atoms with E-state index in [9.17, 15) is 8.42 Å². The minimum absolute atomic E-state index is 0. The van der Waals surface area contributed by atoms with Crippen molar-refractivity contribution in [3.63, 3.8) is 0 Å². The van der Waals surface area contributed by atoms with Gasteiger partial charge in [-0.3, -0.25) is 0 Å². The summed E-state index contributed by atoms with van der Waals surface area (Å²) in [5.41, 5.74) is 4.27. The zero-order chi connectivity index (χ0) is 26.9. The number of hydrogen-bond acceptors (Lipinski definition) is 8. The van der Waals surface area contributed by atoms with E-state index in [0.717, 1.165) is 28.2 Å². The second-order valence-electron chi connectivity index (χ2n) is 8.65. The molecule has 10 nitrogen and oxygen atoms in total. The first-order valence-corrected chi connectivity index (χ1v) is 13.5. The predicted molar refractivity (Wildman–Crippen MR) is 158 cm³/mol. The number of hydrogen-bond donors (Lipinski definition) is 3. The molecule has 0 bridgehead atoms. The van der Waals surface area contributed by atoms with Crippen molar-refractivity contribution in [2.24, 2.45) is 12.2 Å². The fourth-order valence-corrected chi connectivity index (χ4v) is 4.76. The highest BCUT2D eigenvalue weighted by molar-refractivity contribution is 7.89. The van der Waals surface area contributed by atoms with Crippen molar-refractivity contribution >= 4 is 74.2 Å². The standard InChI is InChI=1S/C26H25ClN8O2S.ClH/c1-34(24-11-12-29-25(33-24)31-19-7-4-8-21(14-19)38(28,36)37)20-9-10-23-22(15-20)32-26(35(23)2)30-16-17-5-3-6-18(27)13-17;/h3-15H,16H2,1-2H3,(H,30,32)(H2,28,36,37)(H,29,31,33);1H. The van der Waals surface area contributed by atoms with E-state index in [1.807, 2.05) is 66.0 Å². The minimum Gasteiger partial charge on any atom is -0.352 e. The summed E-state index contributed by atoms with van der Waals surface area (Å²) in [4.78, 5) is 15.5. The molecule has 5 rings (SSSR count). The van der Waals surface area contributed by atoms with Gasteiger partial charge >= 0.3 is 0 Å². The Bertz CT molecular complexity index is 1740. The Morgan fingerprint density at radius 1 is 1.03 bits per heavy atom. The van der Waals surface area contributed by atoms with Crippen molar-refractivity contribution in [3.8, 4) is 0 Å². The summed E-state index contributed by atoms with van der Waals surface area (Å²) in [6.07, 6.45) is 1.63. The molecule has 0 amide bonds. The molecule has 0 atom stereocenters. The van der Waals surface area contributed by atoms with Crippen molar-refractivity contribution < 1.29 is 8.42 Å². The molecule has 3 aromatic carbocycles. The molecule has 0 aliphatic rings. The number of sulfonamides is 1. The van der Waals surface area contributed by atoms with Crippen molar-refractivity contribution in [1.29, 1.82) is 0 Å². The lowest BCUT2D eigenvalue weighted by atomic mass is 10.2. The summed E-state index contributed by atoms with van der Waals surface area (Å²) in [5.74, 6) is 1.70. The van der Waals surface area contributed by atoms with Crippen LogP contribution in [0.15, 0.2) is 83.9 Å². The number of benzene rings is 3. The van der Waals surface area contributed by atoms with Crippen molar-refractivity contribution in [3.05, 3.63) is 89.6 Å². The number of anilines is 5.